The molecule has 0 spiro atoms. The molecule has 0 aliphatic carbocycles. The minimum absolute atomic E-state index is 0.0380. The van der Waals surface area contributed by atoms with Crippen molar-refractivity contribution >= 4 is 5.91 Å². The van der Waals surface area contributed by atoms with Gasteiger partial charge in [-0.15, -0.1) is 0 Å². The molecule has 1 fully saturated rings. The Morgan fingerprint density at radius 2 is 1.69 bits per heavy atom. The zero-order valence-corrected chi connectivity index (χ0v) is 21.1. The molecule has 0 bridgehead atoms. The van der Waals surface area contributed by atoms with Crippen molar-refractivity contribution in [3.8, 4) is 22.8 Å². The van der Waals surface area contributed by atoms with Gasteiger partial charge in [0.2, 0.25) is 0 Å². The van der Waals surface area contributed by atoms with Crippen LogP contribution in [0.3, 0.4) is 0 Å². The van der Waals surface area contributed by atoms with Gasteiger partial charge in [0.25, 0.3) is 5.91 Å². The van der Waals surface area contributed by atoms with Crippen LogP contribution in [-0.4, -0.2) is 62.0 Å². The van der Waals surface area contributed by atoms with Gasteiger partial charge in [-0.1, -0.05) is 50.2 Å². The standard InChI is InChI=1S/C28H33N3O5/c1-28(2,3)21-7-4-19(5-8-21)23(31-10-12-33-13-11-31)18-29-27(32)22-17-25(36-30-22)20-6-9-24-26(16-20)35-15-14-34-24/h4-9,16-17,23H,10-15,18H2,1-3H3,(H,29,32)/t23-/m1/s1. The van der Waals surface area contributed by atoms with Crippen LogP contribution in [0.1, 0.15) is 48.4 Å². The van der Waals surface area contributed by atoms with Gasteiger partial charge in [-0.3, -0.25) is 9.69 Å². The van der Waals surface area contributed by atoms with Crippen LogP contribution in [-0.2, 0) is 10.2 Å². The van der Waals surface area contributed by atoms with Crippen LogP contribution in [0.4, 0.5) is 0 Å². The molecule has 8 nitrogen and oxygen atoms in total. The van der Waals surface area contributed by atoms with Crippen LogP contribution in [0.25, 0.3) is 11.3 Å². The fourth-order valence-corrected chi connectivity index (χ4v) is 4.55. The van der Waals surface area contributed by atoms with Gasteiger partial charge in [0.05, 0.1) is 19.3 Å². The van der Waals surface area contributed by atoms with E-state index in [0.717, 1.165) is 18.7 Å². The Labute approximate surface area is 211 Å². The number of ether oxygens (including phenoxy) is 3. The van der Waals surface area contributed by atoms with E-state index in [4.69, 9.17) is 18.7 Å². The van der Waals surface area contributed by atoms with Crippen molar-refractivity contribution in [2.24, 2.45) is 0 Å². The van der Waals surface area contributed by atoms with Gasteiger partial charge in [-0.05, 0) is 34.7 Å². The third-order valence-electron chi connectivity index (χ3n) is 6.67. The number of carbonyl (C=O) groups excluding carboxylic acids is 1. The molecule has 3 heterocycles. The second-order valence-electron chi connectivity index (χ2n) is 10.2. The third-order valence-corrected chi connectivity index (χ3v) is 6.67. The quantitative estimate of drug-likeness (QED) is 0.553. The Bertz CT molecular complexity index is 1190. The smallest absolute Gasteiger partial charge is 0.273 e. The van der Waals surface area contributed by atoms with Crippen LogP contribution in [0.5, 0.6) is 11.5 Å². The highest BCUT2D eigenvalue weighted by Crippen LogP contribution is 2.34. The van der Waals surface area contributed by atoms with Crippen molar-refractivity contribution in [1.29, 1.82) is 0 Å². The van der Waals surface area contributed by atoms with E-state index in [2.05, 4.69) is 60.4 Å². The van der Waals surface area contributed by atoms with Crippen LogP contribution >= 0.6 is 0 Å². The Balaban J connectivity index is 1.29. The molecule has 2 aliphatic rings. The van der Waals surface area contributed by atoms with Crippen molar-refractivity contribution in [3.63, 3.8) is 0 Å². The molecule has 1 aromatic heterocycles. The largest absolute Gasteiger partial charge is 0.486 e. The summed E-state index contributed by atoms with van der Waals surface area (Å²) in [5, 5.41) is 7.08. The number of aromatic nitrogens is 1. The molecule has 2 aromatic carbocycles. The maximum atomic E-state index is 13.0. The summed E-state index contributed by atoms with van der Waals surface area (Å²) in [6, 6.07) is 15.9. The van der Waals surface area contributed by atoms with Crippen molar-refractivity contribution in [2.75, 3.05) is 46.1 Å². The maximum absolute atomic E-state index is 13.0. The van der Waals surface area contributed by atoms with Gasteiger partial charge < -0.3 is 24.1 Å². The van der Waals surface area contributed by atoms with Gasteiger partial charge in [0.1, 0.15) is 13.2 Å². The molecule has 1 N–H and O–H groups in total. The average Bonchev–Trinajstić information content (AvgIpc) is 3.39. The second kappa shape index (κ2) is 10.3. The van der Waals surface area contributed by atoms with E-state index in [1.807, 2.05) is 18.2 Å². The van der Waals surface area contributed by atoms with Crippen molar-refractivity contribution in [2.45, 2.75) is 32.2 Å². The summed E-state index contributed by atoms with van der Waals surface area (Å²) in [5.41, 5.74) is 3.55. The van der Waals surface area contributed by atoms with Gasteiger partial charge >= 0.3 is 0 Å². The molecule has 2 aliphatic heterocycles. The molecular formula is C28H33N3O5. The predicted octanol–water partition coefficient (Wildman–Crippen LogP) is 4.21. The van der Waals surface area contributed by atoms with Gasteiger partial charge in [0, 0.05) is 31.3 Å². The first-order valence-corrected chi connectivity index (χ1v) is 12.5. The summed E-state index contributed by atoms with van der Waals surface area (Å²) in [7, 11) is 0. The van der Waals surface area contributed by atoms with Gasteiger partial charge in [-0.2, -0.15) is 0 Å². The number of benzene rings is 2. The molecule has 36 heavy (non-hydrogen) atoms. The lowest BCUT2D eigenvalue weighted by molar-refractivity contribution is 0.0162. The van der Waals surface area contributed by atoms with Gasteiger partial charge in [-0.25, -0.2) is 0 Å². The normalized spacial score (nSPS) is 17.0. The molecule has 0 unspecified atom stereocenters. The van der Waals surface area contributed by atoms with Crippen molar-refractivity contribution < 1.29 is 23.5 Å². The highest BCUT2D eigenvalue weighted by atomic mass is 16.6. The minimum atomic E-state index is -0.271. The van der Waals surface area contributed by atoms with Gasteiger partial charge in [0.15, 0.2) is 23.0 Å². The molecular weight excluding hydrogens is 458 g/mol. The molecule has 1 amide bonds. The second-order valence-corrected chi connectivity index (χ2v) is 10.2. The molecule has 0 saturated carbocycles. The van der Waals surface area contributed by atoms with E-state index in [1.54, 1.807) is 6.07 Å². The first-order chi connectivity index (χ1) is 17.4. The van der Waals surface area contributed by atoms with Crippen LogP contribution < -0.4 is 14.8 Å². The number of nitrogens with zero attached hydrogens (tertiary/aromatic N) is 2. The number of amides is 1. The van der Waals surface area contributed by atoms with Crippen molar-refractivity contribution in [1.82, 2.24) is 15.4 Å². The molecule has 1 atom stereocenters. The van der Waals surface area contributed by atoms with E-state index >= 15 is 0 Å². The average molecular weight is 492 g/mol. The van der Waals surface area contributed by atoms with E-state index in [9.17, 15) is 4.79 Å². The molecule has 3 aromatic rings. The summed E-state index contributed by atoms with van der Waals surface area (Å²) in [5.74, 6) is 1.59. The van der Waals surface area contributed by atoms with Crippen molar-refractivity contribution in [3.05, 3.63) is 65.4 Å². The Morgan fingerprint density at radius 1 is 0.972 bits per heavy atom. The van der Waals surface area contributed by atoms with E-state index in [-0.39, 0.29) is 23.1 Å². The zero-order chi connectivity index (χ0) is 25.1. The van der Waals surface area contributed by atoms with Crippen LogP contribution in [0.2, 0.25) is 0 Å². The van der Waals surface area contributed by atoms with E-state index < -0.39 is 0 Å². The highest BCUT2D eigenvalue weighted by molar-refractivity contribution is 5.93. The molecule has 0 radical (unpaired) electrons. The SMILES string of the molecule is CC(C)(C)c1ccc([C@@H](CNC(=O)c2cc(-c3ccc4c(c3)OCCO4)on2)N2CCOCC2)cc1. The summed E-state index contributed by atoms with van der Waals surface area (Å²) in [4.78, 5) is 15.4. The lowest BCUT2D eigenvalue weighted by Crippen LogP contribution is -2.43. The molecule has 1 saturated heterocycles. The summed E-state index contributed by atoms with van der Waals surface area (Å²) in [6.45, 7) is 11.1. The summed E-state index contributed by atoms with van der Waals surface area (Å²) in [6.07, 6.45) is 0. The third kappa shape index (κ3) is 5.39. The Morgan fingerprint density at radius 3 is 2.42 bits per heavy atom. The molecule has 190 valence electrons. The Hall–Kier alpha value is -3.36. The summed E-state index contributed by atoms with van der Waals surface area (Å²) >= 11 is 0. The number of rotatable bonds is 6. The topological polar surface area (TPSA) is 86.1 Å². The molecule has 8 heteroatoms. The maximum Gasteiger partial charge on any atom is 0.273 e. The first-order valence-electron chi connectivity index (χ1n) is 12.5. The number of morpholine rings is 1. The Kier molecular flexibility index (Phi) is 6.98. The number of hydrogen-bond acceptors (Lipinski definition) is 7. The number of fused-ring (bicyclic) bond motifs is 1. The fraction of sp³-hybridized carbons (Fsp3) is 0.429. The van der Waals surface area contributed by atoms with Crippen LogP contribution in [0, 0.1) is 0 Å². The first kappa shape index (κ1) is 24.3. The molecule has 5 rings (SSSR count). The zero-order valence-electron chi connectivity index (χ0n) is 21.1. The minimum Gasteiger partial charge on any atom is -0.486 e. The monoisotopic (exact) mass is 491 g/mol. The lowest BCUT2D eigenvalue weighted by atomic mass is 9.86. The number of nitrogens with one attached hydrogen (secondary N) is 1. The predicted molar refractivity (Wildman–Crippen MR) is 136 cm³/mol. The van der Waals surface area contributed by atoms with E-state index in [1.165, 1.54) is 11.1 Å². The number of carbonyl (C=O) groups is 1. The lowest BCUT2D eigenvalue weighted by Gasteiger charge is -2.35. The van der Waals surface area contributed by atoms with Crippen LogP contribution in [0.15, 0.2) is 53.1 Å². The fourth-order valence-electron chi connectivity index (χ4n) is 4.55. The van der Waals surface area contributed by atoms with E-state index in [0.29, 0.717) is 50.2 Å². The number of hydrogen-bond donors (Lipinski definition) is 1. The highest BCUT2D eigenvalue weighted by Gasteiger charge is 2.25. The summed E-state index contributed by atoms with van der Waals surface area (Å²) < 4.78 is 22.3.